The fourth-order valence-electron chi connectivity index (χ4n) is 2.21. The zero-order chi connectivity index (χ0) is 13.8. The highest BCUT2D eigenvalue weighted by atomic mass is 16.7. The minimum absolute atomic E-state index is 0.376. The van der Waals surface area contributed by atoms with E-state index in [0.717, 1.165) is 0 Å². The SMILES string of the molecule is COC(=O)C1CC=CC(OC)(OC)C1C(=O)OC. The molecule has 102 valence electrons. The molecule has 0 bridgehead atoms. The maximum absolute atomic E-state index is 11.9. The van der Waals surface area contributed by atoms with Gasteiger partial charge in [-0.2, -0.15) is 0 Å². The van der Waals surface area contributed by atoms with Crippen LogP contribution in [0.5, 0.6) is 0 Å². The van der Waals surface area contributed by atoms with Crippen molar-refractivity contribution in [3.05, 3.63) is 12.2 Å². The summed E-state index contributed by atoms with van der Waals surface area (Å²) in [6.07, 6.45) is 3.73. The third-order valence-electron chi connectivity index (χ3n) is 3.17. The van der Waals surface area contributed by atoms with Crippen LogP contribution in [0.2, 0.25) is 0 Å². The maximum atomic E-state index is 11.9. The summed E-state index contributed by atoms with van der Waals surface area (Å²) in [5.74, 6) is -3.95. The Morgan fingerprint density at radius 3 is 2.06 bits per heavy atom. The van der Waals surface area contributed by atoms with Crippen LogP contribution < -0.4 is 0 Å². The zero-order valence-electron chi connectivity index (χ0n) is 11.0. The fraction of sp³-hybridized carbons (Fsp3) is 0.667. The van der Waals surface area contributed by atoms with Crippen molar-refractivity contribution in [3.8, 4) is 0 Å². The molecule has 0 amide bonds. The standard InChI is InChI=1S/C12H18O6/c1-15-10(13)8-6-5-7-12(17-3,18-4)9(8)11(14)16-2/h5,7-9H,6H2,1-4H3. The molecular formula is C12H18O6. The van der Waals surface area contributed by atoms with E-state index in [-0.39, 0.29) is 0 Å². The van der Waals surface area contributed by atoms with Crippen LogP contribution >= 0.6 is 0 Å². The van der Waals surface area contributed by atoms with Crippen LogP contribution in [-0.4, -0.2) is 46.2 Å². The molecule has 0 radical (unpaired) electrons. The van der Waals surface area contributed by atoms with E-state index in [1.165, 1.54) is 28.4 Å². The molecule has 0 fully saturated rings. The maximum Gasteiger partial charge on any atom is 0.315 e. The number of rotatable bonds is 4. The van der Waals surface area contributed by atoms with Gasteiger partial charge in [-0.3, -0.25) is 9.59 Å². The number of ether oxygens (including phenoxy) is 4. The van der Waals surface area contributed by atoms with E-state index in [9.17, 15) is 9.59 Å². The van der Waals surface area contributed by atoms with E-state index in [4.69, 9.17) is 18.9 Å². The van der Waals surface area contributed by atoms with Crippen LogP contribution in [0.4, 0.5) is 0 Å². The second-order valence-corrected chi connectivity index (χ2v) is 3.90. The Labute approximate surface area is 106 Å². The van der Waals surface area contributed by atoms with Gasteiger partial charge in [0, 0.05) is 14.2 Å². The predicted molar refractivity (Wildman–Crippen MR) is 61.5 cm³/mol. The van der Waals surface area contributed by atoms with Crippen LogP contribution in [0.15, 0.2) is 12.2 Å². The van der Waals surface area contributed by atoms with Crippen molar-refractivity contribution in [3.63, 3.8) is 0 Å². The van der Waals surface area contributed by atoms with Gasteiger partial charge in [0.25, 0.3) is 0 Å². The van der Waals surface area contributed by atoms with Gasteiger partial charge < -0.3 is 18.9 Å². The molecule has 0 saturated heterocycles. The van der Waals surface area contributed by atoms with Crippen LogP contribution in [-0.2, 0) is 28.5 Å². The normalized spacial score (nSPS) is 25.6. The van der Waals surface area contributed by atoms with Crippen molar-refractivity contribution in [2.24, 2.45) is 11.8 Å². The van der Waals surface area contributed by atoms with E-state index in [2.05, 4.69) is 0 Å². The van der Waals surface area contributed by atoms with Gasteiger partial charge in [-0.1, -0.05) is 6.08 Å². The quantitative estimate of drug-likeness (QED) is 0.416. The van der Waals surface area contributed by atoms with Gasteiger partial charge in [0.2, 0.25) is 5.79 Å². The zero-order valence-corrected chi connectivity index (χ0v) is 11.0. The van der Waals surface area contributed by atoms with Gasteiger partial charge in [0.15, 0.2) is 0 Å². The smallest absolute Gasteiger partial charge is 0.315 e. The number of allylic oxidation sites excluding steroid dienone is 1. The fourth-order valence-corrected chi connectivity index (χ4v) is 2.21. The summed E-state index contributed by atoms with van der Waals surface area (Å²) in [6, 6.07) is 0. The summed E-state index contributed by atoms with van der Waals surface area (Å²) in [6.45, 7) is 0. The average molecular weight is 258 g/mol. The first-order valence-electron chi connectivity index (χ1n) is 5.50. The Morgan fingerprint density at radius 1 is 1.06 bits per heavy atom. The third kappa shape index (κ3) is 2.39. The first-order valence-corrected chi connectivity index (χ1v) is 5.50. The first kappa shape index (κ1) is 14.7. The molecule has 0 spiro atoms. The third-order valence-corrected chi connectivity index (χ3v) is 3.17. The molecule has 0 aliphatic heterocycles. The number of methoxy groups -OCH3 is 4. The molecule has 1 aliphatic carbocycles. The first-order chi connectivity index (χ1) is 8.56. The summed E-state index contributed by atoms with van der Waals surface area (Å²) < 4.78 is 20.0. The lowest BCUT2D eigenvalue weighted by molar-refractivity contribution is -0.228. The van der Waals surface area contributed by atoms with Crippen molar-refractivity contribution >= 4 is 11.9 Å². The number of carbonyl (C=O) groups is 2. The Hall–Kier alpha value is -1.40. The lowest BCUT2D eigenvalue weighted by Crippen LogP contribution is -2.52. The van der Waals surface area contributed by atoms with E-state index < -0.39 is 29.6 Å². The summed E-state index contributed by atoms with van der Waals surface area (Å²) in [5, 5.41) is 0. The Balaban J connectivity index is 3.19. The van der Waals surface area contributed by atoms with Crippen LogP contribution in [0.1, 0.15) is 6.42 Å². The van der Waals surface area contributed by atoms with E-state index in [1.807, 2.05) is 0 Å². The van der Waals surface area contributed by atoms with Gasteiger partial charge in [-0.15, -0.1) is 0 Å². The van der Waals surface area contributed by atoms with E-state index in [0.29, 0.717) is 6.42 Å². The summed E-state index contributed by atoms with van der Waals surface area (Å²) in [5.41, 5.74) is 0. The highest BCUT2D eigenvalue weighted by Crippen LogP contribution is 2.38. The van der Waals surface area contributed by atoms with E-state index in [1.54, 1.807) is 12.2 Å². The lowest BCUT2D eigenvalue weighted by atomic mass is 9.78. The van der Waals surface area contributed by atoms with Gasteiger partial charge >= 0.3 is 11.9 Å². The Bertz CT molecular complexity index is 344. The second kappa shape index (κ2) is 5.97. The average Bonchev–Trinajstić information content (AvgIpc) is 2.44. The lowest BCUT2D eigenvalue weighted by Gasteiger charge is -2.39. The van der Waals surface area contributed by atoms with Gasteiger partial charge in [-0.05, 0) is 12.5 Å². The Kier molecular flexibility index (Phi) is 4.86. The molecule has 0 aromatic heterocycles. The molecule has 0 saturated carbocycles. The van der Waals surface area contributed by atoms with Gasteiger partial charge in [0.1, 0.15) is 5.92 Å². The molecule has 18 heavy (non-hydrogen) atoms. The highest BCUT2D eigenvalue weighted by Gasteiger charge is 2.52. The molecule has 0 heterocycles. The van der Waals surface area contributed by atoms with Gasteiger partial charge in [0.05, 0.1) is 20.1 Å². The number of hydrogen-bond acceptors (Lipinski definition) is 6. The Morgan fingerprint density at radius 2 is 1.61 bits per heavy atom. The van der Waals surface area contributed by atoms with Crippen molar-refractivity contribution in [1.29, 1.82) is 0 Å². The molecule has 1 rings (SSSR count). The molecule has 2 atom stereocenters. The largest absolute Gasteiger partial charge is 0.469 e. The summed E-state index contributed by atoms with van der Waals surface area (Å²) >= 11 is 0. The molecular weight excluding hydrogens is 240 g/mol. The van der Waals surface area contributed by atoms with Gasteiger partial charge in [-0.25, -0.2) is 0 Å². The number of hydrogen-bond donors (Lipinski definition) is 0. The molecule has 1 aliphatic rings. The second-order valence-electron chi connectivity index (χ2n) is 3.90. The van der Waals surface area contributed by atoms with Crippen molar-refractivity contribution in [2.75, 3.05) is 28.4 Å². The minimum atomic E-state index is -1.30. The number of carbonyl (C=O) groups excluding carboxylic acids is 2. The van der Waals surface area contributed by atoms with Crippen LogP contribution in [0.3, 0.4) is 0 Å². The van der Waals surface area contributed by atoms with Crippen molar-refractivity contribution in [1.82, 2.24) is 0 Å². The molecule has 0 aromatic carbocycles. The van der Waals surface area contributed by atoms with Crippen molar-refractivity contribution < 1.29 is 28.5 Å². The molecule has 2 unspecified atom stereocenters. The molecule has 0 N–H and O–H groups in total. The summed E-state index contributed by atoms with van der Waals surface area (Å²) in [4.78, 5) is 23.6. The minimum Gasteiger partial charge on any atom is -0.469 e. The van der Waals surface area contributed by atoms with Crippen LogP contribution in [0.25, 0.3) is 0 Å². The van der Waals surface area contributed by atoms with Crippen molar-refractivity contribution in [2.45, 2.75) is 12.2 Å². The molecule has 6 heteroatoms. The van der Waals surface area contributed by atoms with Crippen LogP contribution in [0, 0.1) is 11.8 Å². The van der Waals surface area contributed by atoms with E-state index >= 15 is 0 Å². The molecule has 6 nitrogen and oxygen atoms in total. The predicted octanol–water partition coefficient (Wildman–Crippen LogP) is 0.514. The highest BCUT2D eigenvalue weighted by molar-refractivity contribution is 5.83. The monoisotopic (exact) mass is 258 g/mol. The molecule has 0 aromatic rings. The topological polar surface area (TPSA) is 71.1 Å². The summed E-state index contributed by atoms with van der Waals surface area (Å²) in [7, 11) is 5.34. The number of esters is 2.